The van der Waals surface area contributed by atoms with Crippen molar-refractivity contribution in [3.05, 3.63) is 35.4 Å². The van der Waals surface area contributed by atoms with Crippen LogP contribution in [0.1, 0.15) is 15.9 Å². The first kappa shape index (κ1) is 18.9. The molecular formula is C12H19ClN2O4S. The van der Waals surface area contributed by atoms with Gasteiger partial charge in [-0.2, -0.15) is 0 Å². The van der Waals surface area contributed by atoms with Crippen LogP contribution in [0.3, 0.4) is 0 Å². The molecule has 0 aromatic heterocycles. The molecule has 0 amide bonds. The Kier molecular flexibility index (Phi) is 8.40. The number of halogens is 1. The first-order chi connectivity index (χ1) is 9.00. The molecule has 0 aliphatic heterocycles. The van der Waals surface area contributed by atoms with Crippen LogP contribution in [-0.2, 0) is 20.5 Å². The Labute approximate surface area is 125 Å². The number of sulfonamides is 1. The zero-order valence-electron chi connectivity index (χ0n) is 11.4. The molecule has 0 unspecified atom stereocenters. The van der Waals surface area contributed by atoms with Crippen LogP contribution in [0.25, 0.3) is 0 Å². The van der Waals surface area contributed by atoms with E-state index >= 15 is 0 Å². The molecule has 0 heterocycles. The second kappa shape index (κ2) is 8.91. The number of likely N-dealkylation sites (N-methyl/N-ethyl adjacent to an activating group) is 1. The van der Waals surface area contributed by atoms with Crippen molar-refractivity contribution in [3.8, 4) is 0 Å². The molecule has 0 aliphatic carbocycles. The monoisotopic (exact) mass is 322 g/mol. The van der Waals surface area contributed by atoms with E-state index in [9.17, 15) is 13.2 Å². The highest BCUT2D eigenvalue weighted by Gasteiger charge is 2.17. The Morgan fingerprint density at radius 1 is 1.25 bits per heavy atom. The molecule has 0 saturated heterocycles. The smallest absolute Gasteiger partial charge is 0.338 e. The van der Waals surface area contributed by atoms with Crippen molar-refractivity contribution >= 4 is 28.4 Å². The molecule has 0 saturated carbocycles. The number of hydrogen-bond acceptors (Lipinski definition) is 5. The molecule has 1 rings (SSSR count). The average molecular weight is 323 g/mol. The van der Waals surface area contributed by atoms with Crippen molar-refractivity contribution in [1.82, 2.24) is 10.0 Å². The van der Waals surface area contributed by atoms with Crippen LogP contribution in [0.5, 0.6) is 0 Å². The molecule has 114 valence electrons. The van der Waals surface area contributed by atoms with E-state index in [1.54, 1.807) is 31.3 Å². The molecule has 1 aromatic rings. The molecule has 2 N–H and O–H groups in total. The van der Waals surface area contributed by atoms with E-state index in [1.807, 2.05) is 0 Å². The minimum Gasteiger partial charge on any atom is -0.465 e. The minimum absolute atomic E-state index is 0. The summed E-state index contributed by atoms with van der Waals surface area (Å²) in [5, 5.41) is 2.84. The van der Waals surface area contributed by atoms with Crippen LogP contribution in [0.15, 0.2) is 24.3 Å². The summed E-state index contributed by atoms with van der Waals surface area (Å²) in [4.78, 5) is 11.5. The maximum Gasteiger partial charge on any atom is 0.338 e. The Balaban J connectivity index is 0.00000361. The van der Waals surface area contributed by atoms with E-state index in [-0.39, 0.29) is 23.7 Å². The third-order valence-corrected chi connectivity index (χ3v) is 3.80. The van der Waals surface area contributed by atoms with Gasteiger partial charge in [0.05, 0.1) is 18.4 Å². The van der Waals surface area contributed by atoms with Crippen LogP contribution >= 0.6 is 12.4 Å². The number of carbonyl (C=O) groups excluding carboxylic acids is 1. The maximum atomic E-state index is 11.8. The molecule has 20 heavy (non-hydrogen) atoms. The Hall–Kier alpha value is -1.15. The lowest BCUT2D eigenvalue weighted by atomic mass is 10.1. The average Bonchev–Trinajstić information content (AvgIpc) is 2.38. The zero-order valence-corrected chi connectivity index (χ0v) is 13.0. The van der Waals surface area contributed by atoms with E-state index < -0.39 is 16.0 Å². The molecule has 0 spiro atoms. The highest BCUT2D eigenvalue weighted by molar-refractivity contribution is 7.88. The summed E-state index contributed by atoms with van der Waals surface area (Å²) in [6.07, 6.45) is 0. The number of hydrogen-bond donors (Lipinski definition) is 2. The fraction of sp³-hybridized carbons (Fsp3) is 0.417. The van der Waals surface area contributed by atoms with Gasteiger partial charge in [0.2, 0.25) is 10.0 Å². The molecule has 8 heteroatoms. The van der Waals surface area contributed by atoms with Crippen LogP contribution < -0.4 is 10.0 Å². The normalized spacial score (nSPS) is 10.7. The number of rotatable bonds is 7. The van der Waals surface area contributed by atoms with Crippen molar-refractivity contribution in [1.29, 1.82) is 0 Å². The van der Waals surface area contributed by atoms with Gasteiger partial charge in [-0.25, -0.2) is 17.9 Å². The van der Waals surface area contributed by atoms with Crippen LogP contribution in [0.2, 0.25) is 0 Å². The van der Waals surface area contributed by atoms with E-state index in [0.29, 0.717) is 18.7 Å². The second-order valence-electron chi connectivity index (χ2n) is 3.91. The van der Waals surface area contributed by atoms with Gasteiger partial charge in [0.1, 0.15) is 0 Å². The third kappa shape index (κ3) is 5.87. The standard InChI is InChI=1S/C12H18N2O4S.ClH/c1-13-7-8-14-19(16,17)9-10-5-3-4-6-11(10)12(15)18-2;/h3-6,13-14H,7-9H2,1-2H3;1H. The van der Waals surface area contributed by atoms with Gasteiger partial charge in [-0.05, 0) is 18.7 Å². The number of carbonyl (C=O) groups is 1. The molecule has 0 radical (unpaired) electrons. The van der Waals surface area contributed by atoms with E-state index in [4.69, 9.17) is 0 Å². The molecule has 0 aliphatic rings. The lowest BCUT2D eigenvalue weighted by Gasteiger charge is -2.09. The predicted molar refractivity (Wildman–Crippen MR) is 79.6 cm³/mol. The van der Waals surface area contributed by atoms with Gasteiger partial charge in [0.15, 0.2) is 0 Å². The fourth-order valence-corrected chi connectivity index (χ4v) is 2.72. The summed E-state index contributed by atoms with van der Waals surface area (Å²) in [7, 11) is -0.469. The number of methoxy groups -OCH3 is 1. The lowest BCUT2D eigenvalue weighted by molar-refractivity contribution is 0.0600. The lowest BCUT2D eigenvalue weighted by Crippen LogP contribution is -2.31. The van der Waals surface area contributed by atoms with Gasteiger partial charge in [-0.3, -0.25) is 0 Å². The summed E-state index contributed by atoms with van der Waals surface area (Å²) in [5.41, 5.74) is 0.690. The highest BCUT2D eigenvalue weighted by Crippen LogP contribution is 2.13. The van der Waals surface area contributed by atoms with Crippen molar-refractivity contribution in [3.63, 3.8) is 0 Å². The van der Waals surface area contributed by atoms with Gasteiger partial charge >= 0.3 is 5.97 Å². The Bertz CT molecular complexity index is 534. The first-order valence-electron chi connectivity index (χ1n) is 5.78. The van der Waals surface area contributed by atoms with Crippen LogP contribution in [0.4, 0.5) is 0 Å². The number of esters is 1. The van der Waals surface area contributed by atoms with Gasteiger partial charge in [0, 0.05) is 13.1 Å². The number of benzene rings is 1. The summed E-state index contributed by atoms with van der Waals surface area (Å²) in [6.45, 7) is 0.844. The summed E-state index contributed by atoms with van der Waals surface area (Å²) in [6, 6.07) is 6.50. The van der Waals surface area contributed by atoms with Gasteiger partial charge in [0.25, 0.3) is 0 Å². The predicted octanol–water partition coefficient (Wildman–Crippen LogP) is 0.534. The van der Waals surface area contributed by atoms with Crippen molar-refractivity contribution in [2.75, 3.05) is 27.2 Å². The summed E-state index contributed by atoms with van der Waals surface area (Å²) < 4.78 is 30.8. The van der Waals surface area contributed by atoms with E-state index in [0.717, 1.165) is 0 Å². The first-order valence-corrected chi connectivity index (χ1v) is 7.43. The van der Waals surface area contributed by atoms with Crippen molar-refractivity contribution in [2.45, 2.75) is 5.75 Å². The van der Waals surface area contributed by atoms with E-state index in [2.05, 4.69) is 14.8 Å². The SMILES string of the molecule is CNCCNS(=O)(=O)Cc1ccccc1C(=O)OC.Cl. The largest absolute Gasteiger partial charge is 0.465 e. The minimum atomic E-state index is -3.47. The van der Waals surface area contributed by atoms with E-state index in [1.165, 1.54) is 7.11 Å². The van der Waals surface area contributed by atoms with Gasteiger partial charge in [-0.1, -0.05) is 18.2 Å². The number of ether oxygens (including phenoxy) is 1. The molecule has 1 aromatic carbocycles. The third-order valence-electron chi connectivity index (χ3n) is 2.47. The van der Waals surface area contributed by atoms with Gasteiger partial charge < -0.3 is 10.1 Å². The van der Waals surface area contributed by atoms with Crippen LogP contribution in [-0.4, -0.2) is 41.6 Å². The number of nitrogens with one attached hydrogen (secondary N) is 2. The van der Waals surface area contributed by atoms with Crippen LogP contribution in [0, 0.1) is 0 Å². The molecule has 6 nitrogen and oxygen atoms in total. The second-order valence-corrected chi connectivity index (χ2v) is 5.71. The van der Waals surface area contributed by atoms with Crippen molar-refractivity contribution < 1.29 is 17.9 Å². The molecule has 0 fully saturated rings. The summed E-state index contributed by atoms with van der Waals surface area (Å²) in [5.74, 6) is -0.789. The Morgan fingerprint density at radius 3 is 2.50 bits per heavy atom. The molecular weight excluding hydrogens is 304 g/mol. The van der Waals surface area contributed by atoms with Crippen molar-refractivity contribution in [2.24, 2.45) is 0 Å². The quantitative estimate of drug-likeness (QED) is 0.565. The van der Waals surface area contributed by atoms with Gasteiger partial charge in [-0.15, -0.1) is 12.4 Å². The fourth-order valence-electron chi connectivity index (χ4n) is 1.54. The Morgan fingerprint density at radius 2 is 1.90 bits per heavy atom. The molecule has 0 bridgehead atoms. The highest BCUT2D eigenvalue weighted by atomic mass is 35.5. The zero-order chi connectivity index (χ0) is 14.3. The molecule has 0 atom stereocenters. The maximum absolute atomic E-state index is 11.8. The summed E-state index contributed by atoms with van der Waals surface area (Å²) >= 11 is 0. The topological polar surface area (TPSA) is 84.5 Å².